The Morgan fingerprint density at radius 3 is 2.82 bits per heavy atom. The van der Waals surface area contributed by atoms with Crippen LogP contribution in [0, 0.1) is 0 Å². The molecule has 0 aliphatic carbocycles. The van der Waals surface area contributed by atoms with Crippen LogP contribution in [0.1, 0.15) is 13.8 Å². The average molecular weight is 305 g/mol. The summed E-state index contributed by atoms with van der Waals surface area (Å²) < 4.78 is 1.59. The van der Waals surface area contributed by atoms with Crippen LogP contribution < -0.4 is 16.6 Å². The first-order valence-electron chi connectivity index (χ1n) is 5.26. The molecule has 0 atom stereocenters. The summed E-state index contributed by atoms with van der Waals surface area (Å²) >= 11 is 3.22. The van der Waals surface area contributed by atoms with Crippen LogP contribution in [0.4, 0.5) is 5.69 Å². The zero-order valence-electron chi connectivity index (χ0n) is 9.90. The van der Waals surface area contributed by atoms with E-state index in [1.807, 2.05) is 13.8 Å². The first kappa shape index (κ1) is 14.1. The molecule has 1 rings (SSSR count). The molecular weight excluding hydrogens is 288 g/mol. The number of nitrogens with zero attached hydrogens (tertiary/aromatic N) is 2. The second-order valence-electron chi connectivity index (χ2n) is 4.34. The van der Waals surface area contributed by atoms with Gasteiger partial charge in [-0.25, -0.2) is 4.68 Å². The zero-order chi connectivity index (χ0) is 13.1. The summed E-state index contributed by atoms with van der Waals surface area (Å²) in [4.78, 5) is 11.8. The molecule has 1 heterocycles. The van der Waals surface area contributed by atoms with Crippen LogP contribution in [0.5, 0.6) is 0 Å². The molecule has 0 radical (unpaired) electrons. The number of hydrogen-bond donors (Lipinski definition) is 3. The van der Waals surface area contributed by atoms with Crippen molar-refractivity contribution in [2.24, 2.45) is 5.73 Å². The molecule has 1 aromatic heterocycles. The molecule has 0 bridgehead atoms. The lowest BCUT2D eigenvalue weighted by molar-refractivity contribution is 0.266. The van der Waals surface area contributed by atoms with Gasteiger partial charge in [0, 0.05) is 12.1 Å². The molecule has 1 aromatic rings. The van der Waals surface area contributed by atoms with Gasteiger partial charge in [-0.15, -0.1) is 0 Å². The molecule has 0 unspecified atom stereocenters. The van der Waals surface area contributed by atoms with Crippen molar-refractivity contribution in [2.75, 3.05) is 18.5 Å². The standard InChI is InChI=1S/C10H17BrN4O2/c1-10(2,6-12)14-7-5-13-15(3-4-16)9(17)8(7)11/h5,14,16H,3-4,6,12H2,1-2H3. The van der Waals surface area contributed by atoms with Crippen LogP contribution >= 0.6 is 15.9 Å². The Morgan fingerprint density at radius 1 is 1.65 bits per heavy atom. The van der Waals surface area contributed by atoms with Crippen molar-refractivity contribution in [3.63, 3.8) is 0 Å². The van der Waals surface area contributed by atoms with E-state index in [1.54, 1.807) is 6.20 Å². The fourth-order valence-corrected chi connectivity index (χ4v) is 1.63. The molecule has 7 heteroatoms. The van der Waals surface area contributed by atoms with Crippen LogP contribution in [-0.4, -0.2) is 33.6 Å². The average Bonchev–Trinajstić information content (AvgIpc) is 2.29. The van der Waals surface area contributed by atoms with Crippen molar-refractivity contribution < 1.29 is 5.11 Å². The lowest BCUT2D eigenvalue weighted by Crippen LogP contribution is -2.40. The van der Waals surface area contributed by atoms with E-state index < -0.39 is 0 Å². The van der Waals surface area contributed by atoms with E-state index in [1.165, 1.54) is 4.68 Å². The maximum absolute atomic E-state index is 11.8. The lowest BCUT2D eigenvalue weighted by Gasteiger charge is -2.26. The number of hydrogen-bond acceptors (Lipinski definition) is 5. The van der Waals surface area contributed by atoms with Gasteiger partial charge in [-0.05, 0) is 29.8 Å². The van der Waals surface area contributed by atoms with Gasteiger partial charge in [0.15, 0.2) is 0 Å². The summed E-state index contributed by atoms with van der Waals surface area (Å²) in [6, 6.07) is 0. The fourth-order valence-electron chi connectivity index (χ4n) is 1.22. The summed E-state index contributed by atoms with van der Waals surface area (Å²) in [5.41, 5.74) is 5.60. The Morgan fingerprint density at radius 2 is 2.29 bits per heavy atom. The van der Waals surface area contributed by atoms with Crippen molar-refractivity contribution >= 4 is 21.6 Å². The van der Waals surface area contributed by atoms with Crippen molar-refractivity contribution in [3.8, 4) is 0 Å². The third-order valence-electron chi connectivity index (χ3n) is 2.28. The highest BCUT2D eigenvalue weighted by atomic mass is 79.9. The highest BCUT2D eigenvalue weighted by molar-refractivity contribution is 9.10. The predicted octanol–water partition coefficient (Wildman–Crippen LogP) is 0.147. The first-order chi connectivity index (χ1) is 7.91. The fraction of sp³-hybridized carbons (Fsp3) is 0.600. The van der Waals surface area contributed by atoms with E-state index in [4.69, 9.17) is 10.8 Å². The van der Waals surface area contributed by atoms with Gasteiger partial charge in [0.2, 0.25) is 0 Å². The van der Waals surface area contributed by atoms with Crippen LogP contribution in [-0.2, 0) is 6.54 Å². The van der Waals surface area contributed by atoms with Crippen LogP contribution in [0.2, 0.25) is 0 Å². The van der Waals surface area contributed by atoms with E-state index in [9.17, 15) is 4.79 Å². The first-order valence-corrected chi connectivity index (χ1v) is 6.05. The van der Waals surface area contributed by atoms with Gasteiger partial charge in [-0.3, -0.25) is 4.79 Å². The third-order valence-corrected chi connectivity index (χ3v) is 3.05. The molecular formula is C10H17BrN4O2. The second-order valence-corrected chi connectivity index (χ2v) is 5.13. The number of anilines is 1. The van der Waals surface area contributed by atoms with Gasteiger partial charge >= 0.3 is 0 Å². The molecule has 0 fully saturated rings. The molecule has 0 saturated heterocycles. The summed E-state index contributed by atoms with van der Waals surface area (Å²) in [5, 5.41) is 15.9. The largest absolute Gasteiger partial charge is 0.394 e. The Hall–Kier alpha value is -0.920. The molecule has 6 nitrogen and oxygen atoms in total. The minimum atomic E-state index is -0.320. The van der Waals surface area contributed by atoms with E-state index in [2.05, 4.69) is 26.3 Å². The van der Waals surface area contributed by atoms with Crippen LogP contribution in [0.3, 0.4) is 0 Å². The molecule has 4 N–H and O–H groups in total. The Bertz CT molecular complexity index is 444. The highest BCUT2D eigenvalue weighted by Gasteiger charge is 2.18. The topological polar surface area (TPSA) is 93.2 Å². The molecule has 0 aliphatic heterocycles. The minimum Gasteiger partial charge on any atom is -0.394 e. The van der Waals surface area contributed by atoms with Gasteiger partial charge in [-0.2, -0.15) is 5.10 Å². The predicted molar refractivity (Wildman–Crippen MR) is 70.0 cm³/mol. The maximum atomic E-state index is 11.8. The van der Waals surface area contributed by atoms with Gasteiger partial charge < -0.3 is 16.2 Å². The molecule has 96 valence electrons. The van der Waals surface area contributed by atoms with Gasteiger partial charge in [0.1, 0.15) is 4.47 Å². The summed E-state index contributed by atoms with van der Waals surface area (Å²) in [6.45, 7) is 4.34. The Kier molecular flexibility index (Phi) is 4.67. The Balaban J connectivity index is 3.05. The molecule has 0 amide bonds. The van der Waals surface area contributed by atoms with Crippen molar-refractivity contribution in [1.29, 1.82) is 0 Å². The van der Waals surface area contributed by atoms with Gasteiger partial charge in [0.05, 0.1) is 25.0 Å². The van der Waals surface area contributed by atoms with Crippen molar-refractivity contribution in [3.05, 3.63) is 21.0 Å². The van der Waals surface area contributed by atoms with Crippen molar-refractivity contribution in [2.45, 2.75) is 25.9 Å². The summed E-state index contributed by atoms with van der Waals surface area (Å²) in [5.74, 6) is 0. The molecule has 0 aromatic carbocycles. The van der Waals surface area contributed by atoms with E-state index in [-0.39, 0.29) is 24.2 Å². The normalized spacial score (nSPS) is 11.6. The Labute approximate surface area is 108 Å². The lowest BCUT2D eigenvalue weighted by atomic mass is 10.1. The number of aliphatic hydroxyl groups excluding tert-OH is 1. The monoisotopic (exact) mass is 304 g/mol. The zero-order valence-corrected chi connectivity index (χ0v) is 11.5. The van der Waals surface area contributed by atoms with Gasteiger partial charge in [0.25, 0.3) is 5.56 Å². The number of nitrogens with one attached hydrogen (secondary N) is 1. The number of aliphatic hydroxyl groups is 1. The van der Waals surface area contributed by atoms with Crippen LogP contribution in [0.25, 0.3) is 0 Å². The van der Waals surface area contributed by atoms with Crippen LogP contribution in [0.15, 0.2) is 15.5 Å². The smallest absolute Gasteiger partial charge is 0.283 e. The summed E-state index contributed by atoms with van der Waals surface area (Å²) in [6.07, 6.45) is 1.54. The molecule has 0 spiro atoms. The molecule has 17 heavy (non-hydrogen) atoms. The summed E-state index contributed by atoms with van der Waals surface area (Å²) in [7, 11) is 0. The highest BCUT2D eigenvalue weighted by Crippen LogP contribution is 2.20. The third kappa shape index (κ3) is 3.52. The van der Waals surface area contributed by atoms with E-state index in [0.29, 0.717) is 16.7 Å². The molecule has 0 saturated carbocycles. The number of nitrogens with two attached hydrogens (primary N) is 1. The number of rotatable bonds is 5. The SMILES string of the molecule is CC(C)(CN)Nc1cnn(CCO)c(=O)c1Br. The maximum Gasteiger partial charge on any atom is 0.283 e. The van der Waals surface area contributed by atoms with Crippen molar-refractivity contribution in [1.82, 2.24) is 9.78 Å². The van der Waals surface area contributed by atoms with E-state index >= 15 is 0 Å². The van der Waals surface area contributed by atoms with E-state index in [0.717, 1.165) is 0 Å². The quantitative estimate of drug-likeness (QED) is 0.720. The number of aromatic nitrogens is 2. The second kappa shape index (κ2) is 5.61. The molecule has 0 aliphatic rings. The number of halogens is 1. The minimum absolute atomic E-state index is 0.125. The van der Waals surface area contributed by atoms with Gasteiger partial charge in [-0.1, -0.05) is 0 Å².